The third-order valence-corrected chi connectivity index (χ3v) is 4.53. The van der Waals surface area contributed by atoms with Gasteiger partial charge in [0, 0.05) is 11.8 Å². The molecule has 0 aliphatic carbocycles. The second-order valence-corrected chi connectivity index (χ2v) is 6.19. The minimum absolute atomic E-state index is 0.00201. The van der Waals surface area contributed by atoms with Crippen molar-refractivity contribution < 1.29 is 14.2 Å². The van der Waals surface area contributed by atoms with E-state index in [9.17, 15) is 10.1 Å². The predicted octanol–water partition coefficient (Wildman–Crippen LogP) is 2.56. The minimum Gasteiger partial charge on any atom is -0.493 e. The SMILES string of the molecule is CCCc1cc2c(c(=O)[nH]1)C(c1ccc(OC)c(OC)c1)C(C#N)=C(N)O2. The number of hydrogen-bond donors (Lipinski definition) is 2. The predicted molar refractivity (Wildman–Crippen MR) is 99.9 cm³/mol. The fraction of sp³-hybridized carbons (Fsp3) is 0.300. The number of nitrogens with one attached hydrogen (secondary N) is 1. The van der Waals surface area contributed by atoms with Gasteiger partial charge in [-0.25, -0.2) is 0 Å². The fourth-order valence-corrected chi connectivity index (χ4v) is 3.30. The molecule has 1 atom stereocenters. The van der Waals surface area contributed by atoms with Crippen LogP contribution in [0, 0.1) is 11.3 Å². The van der Waals surface area contributed by atoms with Gasteiger partial charge in [0.15, 0.2) is 11.5 Å². The van der Waals surface area contributed by atoms with Gasteiger partial charge in [0.2, 0.25) is 5.88 Å². The molecule has 140 valence electrons. The lowest BCUT2D eigenvalue weighted by Gasteiger charge is -2.26. The molecule has 27 heavy (non-hydrogen) atoms. The highest BCUT2D eigenvalue weighted by Gasteiger charge is 2.34. The molecule has 0 saturated heterocycles. The Labute approximate surface area is 157 Å². The highest BCUT2D eigenvalue weighted by Crippen LogP contribution is 2.42. The van der Waals surface area contributed by atoms with Crippen LogP contribution in [0.5, 0.6) is 17.2 Å². The summed E-state index contributed by atoms with van der Waals surface area (Å²) in [6.45, 7) is 2.02. The zero-order valence-corrected chi connectivity index (χ0v) is 15.5. The van der Waals surface area contributed by atoms with Crippen molar-refractivity contribution in [3.63, 3.8) is 0 Å². The zero-order valence-electron chi connectivity index (χ0n) is 15.5. The highest BCUT2D eigenvalue weighted by molar-refractivity contribution is 5.57. The average molecular weight is 367 g/mol. The normalized spacial score (nSPS) is 15.6. The van der Waals surface area contributed by atoms with Crippen molar-refractivity contribution in [2.24, 2.45) is 5.73 Å². The Morgan fingerprint density at radius 1 is 1.26 bits per heavy atom. The first-order valence-electron chi connectivity index (χ1n) is 8.59. The number of H-pyrrole nitrogens is 1. The first-order valence-corrected chi connectivity index (χ1v) is 8.59. The molecule has 0 fully saturated rings. The quantitative estimate of drug-likeness (QED) is 0.840. The van der Waals surface area contributed by atoms with Crippen LogP contribution in [0.1, 0.15) is 36.1 Å². The van der Waals surface area contributed by atoms with E-state index in [1.165, 1.54) is 7.11 Å². The van der Waals surface area contributed by atoms with Gasteiger partial charge in [-0.05, 0) is 24.1 Å². The number of aryl methyl sites for hydroxylation is 1. The van der Waals surface area contributed by atoms with Gasteiger partial charge in [-0.3, -0.25) is 4.79 Å². The van der Waals surface area contributed by atoms with Gasteiger partial charge < -0.3 is 24.9 Å². The van der Waals surface area contributed by atoms with Gasteiger partial charge in [0.05, 0.1) is 25.7 Å². The Morgan fingerprint density at radius 3 is 2.63 bits per heavy atom. The van der Waals surface area contributed by atoms with E-state index >= 15 is 0 Å². The molecule has 2 heterocycles. The molecule has 2 aromatic rings. The van der Waals surface area contributed by atoms with Gasteiger partial charge in [-0.1, -0.05) is 19.4 Å². The number of methoxy groups -OCH3 is 2. The van der Waals surface area contributed by atoms with Crippen LogP contribution in [0.4, 0.5) is 0 Å². The van der Waals surface area contributed by atoms with Crippen LogP contribution < -0.4 is 25.5 Å². The molecule has 3 rings (SSSR count). The fourth-order valence-electron chi connectivity index (χ4n) is 3.30. The van der Waals surface area contributed by atoms with Crippen molar-refractivity contribution in [2.75, 3.05) is 14.2 Å². The van der Waals surface area contributed by atoms with Gasteiger partial charge in [0.25, 0.3) is 5.56 Å². The van der Waals surface area contributed by atoms with Gasteiger partial charge in [-0.2, -0.15) is 5.26 Å². The average Bonchev–Trinajstić information content (AvgIpc) is 2.66. The molecule has 1 aliphatic rings. The zero-order chi connectivity index (χ0) is 19.6. The molecule has 7 heteroatoms. The number of aromatic amines is 1. The molecule has 0 amide bonds. The number of fused-ring (bicyclic) bond motifs is 1. The van der Waals surface area contributed by atoms with Crippen molar-refractivity contribution in [2.45, 2.75) is 25.7 Å². The molecule has 1 aromatic carbocycles. The number of ether oxygens (including phenoxy) is 3. The standard InChI is InChI=1S/C20H21N3O4/c1-4-5-12-9-16-18(20(24)23-12)17(13(10-21)19(22)27-16)11-6-7-14(25-2)15(8-11)26-3/h6-9,17H,4-5,22H2,1-3H3,(H,23,24). The lowest BCUT2D eigenvalue weighted by Crippen LogP contribution is -2.28. The molecule has 3 N–H and O–H groups in total. The van der Waals surface area contributed by atoms with E-state index in [-0.39, 0.29) is 17.0 Å². The van der Waals surface area contributed by atoms with Crippen molar-refractivity contribution in [1.82, 2.24) is 4.98 Å². The summed E-state index contributed by atoms with van der Waals surface area (Å²) in [4.78, 5) is 15.7. The van der Waals surface area contributed by atoms with E-state index in [1.54, 1.807) is 31.4 Å². The third kappa shape index (κ3) is 3.22. The number of rotatable bonds is 5. The second-order valence-electron chi connectivity index (χ2n) is 6.19. The minimum atomic E-state index is -0.655. The van der Waals surface area contributed by atoms with Crippen LogP contribution in [0.2, 0.25) is 0 Å². The Bertz CT molecular complexity index is 1000. The summed E-state index contributed by atoms with van der Waals surface area (Å²) < 4.78 is 16.2. The molecular formula is C20H21N3O4. The van der Waals surface area contributed by atoms with E-state index < -0.39 is 5.92 Å². The molecule has 1 aliphatic heterocycles. The summed E-state index contributed by atoms with van der Waals surface area (Å²) in [5.74, 6) is 0.767. The first kappa shape index (κ1) is 18.4. The van der Waals surface area contributed by atoms with Gasteiger partial charge in [0.1, 0.15) is 17.4 Å². The van der Waals surface area contributed by atoms with Gasteiger partial charge >= 0.3 is 0 Å². The van der Waals surface area contributed by atoms with E-state index in [0.29, 0.717) is 34.8 Å². The van der Waals surface area contributed by atoms with E-state index in [4.69, 9.17) is 19.9 Å². The summed E-state index contributed by atoms with van der Waals surface area (Å²) >= 11 is 0. The van der Waals surface area contributed by atoms with Crippen LogP contribution in [0.3, 0.4) is 0 Å². The first-order chi connectivity index (χ1) is 13.0. The summed E-state index contributed by atoms with van der Waals surface area (Å²) in [5.41, 5.74) is 7.69. The van der Waals surface area contributed by atoms with Crippen LogP contribution in [-0.2, 0) is 6.42 Å². The number of benzene rings is 1. The number of nitrogens with zero attached hydrogens (tertiary/aromatic N) is 1. The number of nitriles is 1. The van der Waals surface area contributed by atoms with E-state index in [2.05, 4.69) is 11.1 Å². The van der Waals surface area contributed by atoms with E-state index in [0.717, 1.165) is 12.1 Å². The van der Waals surface area contributed by atoms with Crippen LogP contribution in [0.15, 0.2) is 40.5 Å². The molecule has 0 spiro atoms. The molecule has 1 aromatic heterocycles. The Kier molecular flexibility index (Phi) is 5.08. The summed E-state index contributed by atoms with van der Waals surface area (Å²) in [7, 11) is 3.07. The summed E-state index contributed by atoms with van der Waals surface area (Å²) in [6, 6.07) is 9.11. The molecular weight excluding hydrogens is 346 g/mol. The lowest BCUT2D eigenvalue weighted by molar-refractivity contribution is 0.354. The second kappa shape index (κ2) is 7.46. The maximum Gasteiger partial charge on any atom is 0.256 e. The molecule has 1 unspecified atom stereocenters. The number of nitrogens with two attached hydrogens (primary N) is 1. The summed E-state index contributed by atoms with van der Waals surface area (Å²) in [6.07, 6.45) is 1.59. The highest BCUT2D eigenvalue weighted by atomic mass is 16.5. The largest absolute Gasteiger partial charge is 0.493 e. The number of aromatic nitrogens is 1. The van der Waals surface area contributed by atoms with Crippen LogP contribution >= 0.6 is 0 Å². The number of allylic oxidation sites excluding steroid dienone is 1. The maximum absolute atomic E-state index is 12.8. The Balaban J connectivity index is 2.23. The number of hydrogen-bond acceptors (Lipinski definition) is 6. The maximum atomic E-state index is 12.8. The Hall–Kier alpha value is -3.40. The van der Waals surface area contributed by atoms with Crippen LogP contribution in [0.25, 0.3) is 0 Å². The monoisotopic (exact) mass is 367 g/mol. The van der Waals surface area contributed by atoms with E-state index in [1.807, 2.05) is 6.92 Å². The Morgan fingerprint density at radius 2 is 2.00 bits per heavy atom. The lowest BCUT2D eigenvalue weighted by atomic mass is 9.84. The van der Waals surface area contributed by atoms with Gasteiger partial charge in [-0.15, -0.1) is 0 Å². The topological polar surface area (TPSA) is 110 Å². The smallest absolute Gasteiger partial charge is 0.256 e. The van der Waals surface area contributed by atoms with Crippen molar-refractivity contribution in [3.8, 4) is 23.3 Å². The van der Waals surface area contributed by atoms with Crippen molar-refractivity contribution in [1.29, 1.82) is 5.26 Å². The number of pyridine rings is 1. The third-order valence-electron chi connectivity index (χ3n) is 4.53. The molecule has 0 radical (unpaired) electrons. The van der Waals surface area contributed by atoms with Crippen LogP contribution in [-0.4, -0.2) is 19.2 Å². The van der Waals surface area contributed by atoms with Crippen molar-refractivity contribution >= 4 is 0 Å². The van der Waals surface area contributed by atoms with Crippen molar-refractivity contribution in [3.05, 3.63) is 62.9 Å². The molecule has 7 nitrogen and oxygen atoms in total. The summed E-state index contributed by atoms with van der Waals surface area (Å²) in [5, 5.41) is 9.64. The molecule has 0 saturated carbocycles. The molecule has 0 bridgehead atoms.